The Balaban J connectivity index is 0.00000180. The molecule has 50 heavy (non-hydrogen) atoms. The Morgan fingerprint density at radius 3 is 1.52 bits per heavy atom. The maximum atomic E-state index is 11.1. The summed E-state index contributed by atoms with van der Waals surface area (Å²) in [6.07, 6.45) is 10.6. The predicted octanol–water partition coefficient (Wildman–Crippen LogP) is -2.94. The van der Waals surface area contributed by atoms with E-state index in [4.69, 9.17) is 18.9 Å². The van der Waals surface area contributed by atoms with Gasteiger partial charge < -0.3 is 86.1 Å². The van der Waals surface area contributed by atoms with Gasteiger partial charge in [-0.2, -0.15) is 0 Å². The molecule has 4 heterocycles. The molecule has 2 spiro atoms. The average Bonchev–Trinajstić information content (AvgIpc) is 3.63. The second-order valence-electron chi connectivity index (χ2n) is 16.3. The lowest BCUT2D eigenvalue weighted by molar-refractivity contribution is -0.939. The van der Waals surface area contributed by atoms with Crippen LogP contribution in [0.5, 0.6) is 23.0 Å². The topological polar surface area (TPSA) is 77.4 Å². The lowest BCUT2D eigenvalue weighted by Crippen LogP contribution is -3.00. The number of halogens is 2. The van der Waals surface area contributed by atoms with Gasteiger partial charge in [-0.05, 0) is 35.1 Å². The molecule has 2 fully saturated rings. The normalized spacial score (nSPS) is 42.3. The van der Waals surface area contributed by atoms with Crippen LogP contribution in [-0.4, -0.2) is 110 Å². The Morgan fingerprint density at radius 1 is 0.700 bits per heavy atom. The van der Waals surface area contributed by atoms with E-state index in [0.717, 1.165) is 83.8 Å². The number of piperidine rings is 2. The van der Waals surface area contributed by atoms with Gasteiger partial charge in [0.25, 0.3) is 0 Å². The number of likely N-dealkylation sites (N-methyl/N-ethyl adjacent to an activating group) is 2. The van der Waals surface area contributed by atoms with E-state index in [0.29, 0.717) is 12.1 Å². The van der Waals surface area contributed by atoms with Crippen LogP contribution in [0.2, 0.25) is 0 Å². The van der Waals surface area contributed by atoms with E-state index in [9.17, 15) is 10.2 Å². The van der Waals surface area contributed by atoms with Crippen molar-refractivity contribution in [2.24, 2.45) is 11.8 Å². The van der Waals surface area contributed by atoms with Crippen LogP contribution >= 0.6 is 0 Å². The third-order valence-electron chi connectivity index (χ3n) is 14.5. The summed E-state index contributed by atoms with van der Waals surface area (Å²) >= 11 is 0. The number of benzene rings is 2. The van der Waals surface area contributed by atoms with Crippen LogP contribution in [0, 0.1) is 23.7 Å². The van der Waals surface area contributed by atoms with Gasteiger partial charge in [0, 0.05) is 48.6 Å². The molecule has 4 aliphatic heterocycles. The highest BCUT2D eigenvalue weighted by Crippen LogP contribution is 2.65. The molecule has 4 aliphatic carbocycles. The highest BCUT2D eigenvalue weighted by atomic mass is 127. The van der Waals surface area contributed by atoms with Gasteiger partial charge in [0.15, 0.2) is 23.0 Å². The molecule has 2 aromatic rings. The van der Waals surface area contributed by atoms with Crippen molar-refractivity contribution in [2.75, 3.05) is 54.5 Å². The molecule has 2 aromatic carbocycles. The zero-order valence-corrected chi connectivity index (χ0v) is 33.4. The number of hydrogen-bond acceptors (Lipinski definition) is 6. The maximum Gasteiger partial charge on any atom is 0.165 e. The number of likely N-dealkylation sites (tertiary alicyclic amines) is 2. The van der Waals surface area contributed by atoms with E-state index in [1.54, 1.807) is 14.2 Å². The van der Waals surface area contributed by atoms with E-state index in [1.807, 2.05) is 24.3 Å². The van der Waals surface area contributed by atoms with Crippen LogP contribution in [0.1, 0.15) is 35.1 Å². The van der Waals surface area contributed by atoms with Crippen LogP contribution in [0.3, 0.4) is 0 Å². The Labute approximate surface area is 329 Å². The first-order chi connectivity index (χ1) is 23.2. The minimum atomic E-state index is -0.622. The fourth-order valence-corrected chi connectivity index (χ4v) is 12.2. The van der Waals surface area contributed by atoms with Crippen molar-refractivity contribution in [1.29, 1.82) is 0 Å². The summed E-state index contributed by atoms with van der Waals surface area (Å²) in [5, 5.41) is 22.3. The molecule has 0 saturated carbocycles. The lowest BCUT2D eigenvalue weighted by atomic mass is 9.52. The third-order valence-corrected chi connectivity index (χ3v) is 14.5. The van der Waals surface area contributed by atoms with E-state index in [-0.39, 0.29) is 82.8 Å². The smallest absolute Gasteiger partial charge is 0.165 e. The van der Waals surface area contributed by atoms with Gasteiger partial charge in [0.1, 0.15) is 49.6 Å². The molecular weight excluding hydrogens is 858 g/mol. The van der Waals surface area contributed by atoms with Crippen molar-refractivity contribution >= 4 is 0 Å². The molecule has 4 bridgehead atoms. The number of ether oxygens (including phenoxy) is 4. The van der Waals surface area contributed by atoms with Gasteiger partial charge in [0.05, 0.1) is 52.2 Å². The Hall–Kier alpha value is -2.02. The number of nitrogens with zero attached hydrogens (tertiary/aromatic N) is 2. The van der Waals surface area contributed by atoms with E-state index >= 15 is 0 Å². The number of rotatable bonds is 4. The van der Waals surface area contributed by atoms with Crippen molar-refractivity contribution in [3.05, 3.63) is 70.8 Å². The van der Waals surface area contributed by atoms with Crippen LogP contribution < -0.4 is 66.9 Å². The molecule has 2 saturated heterocycles. The quantitative estimate of drug-likeness (QED) is 0.148. The van der Waals surface area contributed by atoms with Gasteiger partial charge >= 0.3 is 0 Å². The monoisotopic (exact) mass is 904 g/mol. The van der Waals surface area contributed by atoms with Crippen molar-refractivity contribution in [1.82, 2.24) is 0 Å². The Bertz CT molecular complexity index is 1760. The second kappa shape index (κ2) is 11.7. The third kappa shape index (κ3) is 4.19. The van der Waals surface area contributed by atoms with E-state index < -0.39 is 12.2 Å². The highest BCUT2D eigenvalue weighted by molar-refractivity contribution is 5.63. The average molecular weight is 905 g/mol. The van der Waals surface area contributed by atoms with Crippen molar-refractivity contribution in [2.45, 2.75) is 73.0 Å². The molecular formula is C40H46I2N2O6. The zero-order chi connectivity index (χ0) is 32.8. The molecule has 8 nitrogen and oxygen atoms in total. The Kier molecular flexibility index (Phi) is 8.23. The number of aliphatic hydroxyl groups is 2. The molecule has 8 aliphatic rings. The summed E-state index contributed by atoms with van der Waals surface area (Å²) in [5.74, 6) is 11.3. The fraction of sp³-hybridized carbons (Fsp3) is 0.550. The Morgan fingerprint density at radius 2 is 1.12 bits per heavy atom. The van der Waals surface area contributed by atoms with Crippen molar-refractivity contribution in [3.63, 3.8) is 0 Å². The SMILES string of the molecule is COc1ccc2c3c1OC1C(O)C=CC4C(C2)[N+](C)(CC#CC[N+]2(C)CCC56c7c8ccc(OC)c7OC5C(O)C=CC6C2C8)CCC341.[I-].[I-]. The highest BCUT2D eigenvalue weighted by Gasteiger charge is 2.69. The first-order valence-electron chi connectivity index (χ1n) is 17.8. The summed E-state index contributed by atoms with van der Waals surface area (Å²) in [5.41, 5.74) is 4.82. The van der Waals surface area contributed by atoms with Crippen LogP contribution in [0.15, 0.2) is 48.6 Å². The molecule has 0 radical (unpaired) electrons. The summed E-state index contributed by atoms with van der Waals surface area (Å²) in [6.45, 7) is 3.62. The molecule has 0 aromatic heterocycles. The summed E-state index contributed by atoms with van der Waals surface area (Å²) in [4.78, 5) is 0. The van der Waals surface area contributed by atoms with E-state index in [1.165, 1.54) is 22.3 Å². The summed E-state index contributed by atoms with van der Waals surface area (Å²) in [7, 11) is 8.20. The van der Waals surface area contributed by atoms with Crippen molar-refractivity contribution < 1.29 is 86.1 Å². The maximum absolute atomic E-state index is 11.1. The van der Waals surface area contributed by atoms with Crippen LogP contribution in [0.4, 0.5) is 0 Å². The first kappa shape index (κ1) is 35.0. The predicted molar refractivity (Wildman–Crippen MR) is 179 cm³/mol. The number of aliphatic hydroxyl groups excluding tert-OH is 2. The van der Waals surface area contributed by atoms with E-state index in [2.05, 4.69) is 50.2 Å². The molecule has 12 unspecified atom stereocenters. The molecule has 12 atom stereocenters. The minimum Gasteiger partial charge on any atom is -1.00 e. The molecule has 10 rings (SSSR count). The van der Waals surface area contributed by atoms with Crippen LogP contribution in [0.25, 0.3) is 0 Å². The van der Waals surface area contributed by atoms with Gasteiger partial charge in [-0.15, -0.1) is 0 Å². The molecule has 0 amide bonds. The van der Waals surface area contributed by atoms with Gasteiger partial charge in [-0.25, -0.2) is 0 Å². The fourth-order valence-electron chi connectivity index (χ4n) is 12.2. The lowest BCUT2D eigenvalue weighted by Gasteiger charge is -2.59. The van der Waals surface area contributed by atoms with Gasteiger partial charge in [-0.1, -0.05) is 36.4 Å². The summed E-state index contributed by atoms with van der Waals surface area (Å²) < 4.78 is 26.4. The van der Waals surface area contributed by atoms with Gasteiger partial charge in [0.2, 0.25) is 0 Å². The molecule has 10 heteroatoms. The molecule has 2 N–H and O–H groups in total. The number of hydrogen-bond donors (Lipinski definition) is 2. The second-order valence-corrected chi connectivity index (χ2v) is 16.3. The summed E-state index contributed by atoms with van der Waals surface area (Å²) in [6, 6.07) is 9.28. The zero-order valence-electron chi connectivity index (χ0n) is 29.1. The van der Waals surface area contributed by atoms with Crippen molar-refractivity contribution in [3.8, 4) is 34.8 Å². The van der Waals surface area contributed by atoms with Crippen LogP contribution in [-0.2, 0) is 23.7 Å². The first-order valence-corrected chi connectivity index (χ1v) is 17.8. The largest absolute Gasteiger partial charge is 1.00 e. The standard InChI is InChI=1S/C40H46N2O6.2HI/c1-41(19-15-39-25-9-11-29(43)37(39)47-35-31(45-3)13-7-23(33(35)39)21-27(25)41)17-5-6-18-42(2)20-16-40-26-10-12-30(44)38(40)48-36-32(46-4)14-8-24(34(36)40)22-28(26)42;;/h7-14,25-30,37-38,43-44H,15-22H2,1-4H3;2*1H/q+2;;/p-2. The molecule has 266 valence electrons. The van der Waals surface area contributed by atoms with Gasteiger partial charge in [-0.3, -0.25) is 0 Å². The minimum absolute atomic E-state index is 0. The number of quaternary nitrogens is 2. The number of methoxy groups -OCH3 is 2.